The Hall–Kier alpha value is -2.19. The minimum absolute atomic E-state index is 0. The molecule has 2 aromatic rings. The van der Waals surface area contributed by atoms with E-state index < -0.39 is 6.61 Å². The standard InChI is InChI=1S/C17H20F2N4O2.ClH/c1-10-3-4-12(5-15(10)25-17(18)19)22-16(24)14-8-20-7-13(14)11-6-21-23(2)9-11;/h3-6,9,13-14,17,20H,7-8H2,1-2H3,(H,22,24);1H/t13-,14+;/m1./s1. The molecule has 2 N–H and O–H groups in total. The minimum Gasteiger partial charge on any atom is -0.434 e. The summed E-state index contributed by atoms with van der Waals surface area (Å²) in [5.74, 6) is -0.340. The number of aryl methyl sites for hydroxylation is 2. The Morgan fingerprint density at radius 3 is 2.85 bits per heavy atom. The lowest BCUT2D eigenvalue weighted by molar-refractivity contribution is -0.119. The highest BCUT2D eigenvalue weighted by Gasteiger charge is 2.34. The zero-order chi connectivity index (χ0) is 18.0. The van der Waals surface area contributed by atoms with Gasteiger partial charge in [-0.25, -0.2) is 0 Å². The zero-order valence-electron chi connectivity index (χ0n) is 14.4. The van der Waals surface area contributed by atoms with Crippen molar-refractivity contribution in [1.29, 1.82) is 0 Å². The van der Waals surface area contributed by atoms with Gasteiger partial charge in [-0.3, -0.25) is 9.48 Å². The molecule has 2 atom stereocenters. The number of benzene rings is 1. The van der Waals surface area contributed by atoms with Gasteiger partial charge in [0.2, 0.25) is 5.91 Å². The first-order chi connectivity index (χ1) is 11.9. The van der Waals surface area contributed by atoms with E-state index in [1.165, 1.54) is 6.07 Å². The summed E-state index contributed by atoms with van der Waals surface area (Å²) in [6.07, 6.45) is 3.66. The molecule has 1 amide bonds. The highest BCUT2D eigenvalue weighted by molar-refractivity contribution is 5.93. The van der Waals surface area contributed by atoms with Crippen molar-refractivity contribution in [2.75, 3.05) is 18.4 Å². The number of nitrogens with one attached hydrogen (secondary N) is 2. The summed E-state index contributed by atoms with van der Waals surface area (Å²) in [5.41, 5.74) is 2.01. The number of aromatic nitrogens is 2. The van der Waals surface area contributed by atoms with Crippen molar-refractivity contribution in [3.8, 4) is 5.75 Å². The number of hydrogen-bond donors (Lipinski definition) is 2. The molecule has 1 fully saturated rings. The molecule has 142 valence electrons. The number of ether oxygens (including phenoxy) is 1. The predicted octanol–water partition coefficient (Wildman–Crippen LogP) is 2.69. The fraction of sp³-hybridized carbons (Fsp3) is 0.412. The Morgan fingerprint density at radius 2 is 2.19 bits per heavy atom. The SMILES string of the molecule is Cc1ccc(NC(=O)[C@H]2CNC[C@@H]2c2cnn(C)c2)cc1OC(F)F.Cl. The maximum Gasteiger partial charge on any atom is 0.387 e. The topological polar surface area (TPSA) is 68.2 Å². The van der Waals surface area contributed by atoms with Crippen LogP contribution < -0.4 is 15.4 Å². The molecular formula is C17H21ClF2N4O2. The van der Waals surface area contributed by atoms with Crippen LogP contribution in [0.3, 0.4) is 0 Å². The number of carbonyl (C=O) groups excluding carboxylic acids is 1. The van der Waals surface area contributed by atoms with Crippen LogP contribution in [0, 0.1) is 12.8 Å². The van der Waals surface area contributed by atoms with Crippen LogP contribution in [-0.4, -0.2) is 35.4 Å². The highest BCUT2D eigenvalue weighted by atomic mass is 35.5. The van der Waals surface area contributed by atoms with Gasteiger partial charge >= 0.3 is 6.61 Å². The molecular weight excluding hydrogens is 366 g/mol. The van der Waals surface area contributed by atoms with Crippen molar-refractivity contribution in [3.05, 3.63) is 41.7 Å². The first kappa shape index (κ1) is 20.1. The number of nitrogens with zero attached hydrogens (tertiary/aromatic N) is 2. The van der Waals surface area contributed by atoms with E-state index >= 15 is 0 Å². The van der Waals surface area contributed by atoms with Crippen LogP contribution in [0.4, 0.5) is 14.5 Å². The van der Waals surface area contributed by atoms with Gasteiger partial charge in [-0.1, -0.05) is 6.07 Å². The highest BCUT2D eigenvalue weighted by Crippen LogP contribution is 2.30. The van der Waals surface area contributed by atoms with E-state index in [0.717, 1.165) is 5.56 Å². The van der Waals surface area contributed by atoms with Gasteiger partial charge < -0.3 is 15.4 Å². The van der Waals surface area contributed by atoms with E-state index in [-0.39, 0.29) is 35.9 Å². The van der Waals surface area contributed by atoms with Gasteiger partial charge in [-0.2, -0.15) is 13.9 Å². The lowest BCUT2D eigenvalue weighted by Crippen LogP contribution is -2.28. The first-order valence-electron chi connectivity index (χ1n) is 7.99. The smallest absolute Gasteiger partial charge is 0.387 e. The molecule has 3 rings (SSSR count). The van der Waals surface area contributed by atoms with E-state index in [4.69, 9.17) is 0 Å². The van der Waals surface area contributed by atoms with Crippen molar-refractivity contribution in [2.45, 2.75) is 19.5 Å². The van der Waals surface area contributed by atoms with Gasteiger partial charge in [0.1, 0.15) is 5.75 Å². The molecule has 0 radical (unpaired) electrons. The molecule has 1 aromatic heterocycles. The van der Waals surface area contributed by atoms with Crippen molar-refractivity contribution in [2.24, 2.45) is 13.0 Å². The molecule has 1 saturated heterocycles. The van der Waals surface area contributed by atoms with E-state index in [2.05, 4.69) is 20.5 Å². The van der Waals surface area contributed by atoms with E-state index in [1.807, 2.05) is 13.2 Å². The Labute approximate surface area is 156 Å². The van der Waals surface area contributed by atoms with Gasteiger partial charge in [0.25, 0.3) is 0 Å². The molecule has 0 bridgehead atoms. The van der Waals surface area contributed by atoms with Crippen LogP contribution in [0.25, 0.3) is 0 Å². The molecule has 1 aliphatic heterocycles. The Morgan fingerprint density at radius 1 is 1.42 bits per heavy atom. The molecule has 26 heavy (non-hydrogen) atoms. The van der Waals surface area contributed by atoms with Crippen molar-refractivity contribution in [3.63, 3.8) is 0 Å². The number of carbonyl (C=O) groups is 1. The number of hydrogen-bond acceptors (Lipinski definition) is 4. The summed E-state index contributed by atoms with van der Waals surface area (Å²) in [5, 5.41) is 10.2. The summed E-state index contributed by atoms with van der Waals surface area (Å²) in [4.78, 5) is 12.7. The van der Waals surface area contributed by atoms with Crippen LogP contribution >= 0.6 is 12.4 Å². The van der Waals surface area contributed by atoms with Crippen molar-refractivity contribution in [1.82, 2.24) is 15.1 Å². The Balaban J connectivity index is 0.00000243. The molecule has 6 nitrogen and oxygen atoms in total. The Kier molecular flexibility index (Phi) is 6.55. The quantitative estimate of drug-likeness (QED) is 0.829. The van der Waals surface area contributed by atoms with Crippen LogP contribution in [0.15, 0.2) is 30.6 Å². The molecule has 9 heteroatoms. The third-order valence-corrected chi connectivity index (χ3v) is 4.38. The molecule has 0 saturated carbocycles. The maximum atomic E-state index is 12.7. The Bertz CT molecular complexity index is 769. The molecule has 0 spiro atoms. The van der Waals surface area contributed by atoms with Gasteiger partial charge in [0.05, 0.1) is 12.1 Å². The van der Waals surface area contributed by atoms with Crippen LogP contribution in [0.2, 0.25) is 0 Å². The summed E-state index contributed by atoms with van der Waals surface area (Å²) in [7, 11) is 1.83. The summed E-state index contributed by atoms with van der Waals surface area (Å²) in [6, 6.07) is 4.73. The van der Waals surface area contributed by atoms with Gasteiger partial charge in [-0.15, -0.1) is 12.4 Å². The molecule has 0 aliphatic carbocycles. The monoisotopic (exact) mass is 386 g/mol. The molecule has 1 aliphatic rings. The summed E-state index contributed by atoms with van der Waals surface area (Å²) in [6.45, 7) is 0.0104. The second kappa shape index (κ2) is 8.46. The zero-order valence-corrected chi connectivity index (χ0v) is 15.2. The van der Waals surface area contributed by atoms with Gasteiger partial charge in [-0.05, 0) is 24.1 Å². The second-order valence-electron chi connectivity index (χ2n) is 6.17. The number of rotatable bonds is 5. The predicted molar refractivity (Wildman–Crippen MR) is 96.0 cm³/mol. The average molecular weight is 387 g/mol. The molecule has 1 aromatic carbocycles. The van der Waals surface area contributed by atoms with E-state index in [9.17, 15) is 13.6 Å². The number of amides is 1. The maximum absolute atomic E-state index is 12.7. The third-order valence-electron chi connectivity index (χ3n) is 4.38. The molecule has 2 heterocycles. The lowest BCUT2D eigenvalue weighted by atomic mass is 9.90. The summed E-state index contributed by atoms with van der Waals surface area (Å²) >= 11 is 0. The number of anilines is 1. The first-order valence-corrected chi connectivity index (χ1v) is 7.99. The third kappa shape index (κ3) is 4.50. The second-order valence-corrected chi connectivity index (χ2v) is 6.17. The largest absolute Gasteiger partial charge is 0.434 e. The fourth-order valence-corrected chi connectivity index (χ4v) is 3.07. The number of halogens is 3. The van der Waals surface area contributed by atoms with E-state index in [1.54, 1.807) is 29.9 Å². The van der Waals surface area contributed by atoms with Gasteiger partial charge in [0, 0.05) is 44.0 Å². The van der Waals surface area contributed by atoms with E-state index in [0.29, 0.717) is 24.3 Å². The van der Waals surface area contributed by atoms with Crippen molar-refractivity contribution >= 4 is 24.0 Å². The summed E-state index contributed by atoms with van der Waals surface area (Å²) < 4.78 is 31.1. The minimum atomic E-state index is -2.90. The lowest BCUT2D eigenvalue weighted by Gasteiger charge is -2.18. The van der Waals surface area contributed by atoms with Crippen molar-refractivity contribution < 1.29 is 18.3 Å². The number of alkyl halides is 2. The normalized spacial score (nSPS) is 19.3. The van der Waals surface area contributed by atoms with Crippen LogP contribution in [0.5, 0.6) is 5.75 Å². The van der Waals surface area contributed by atoms with Gasteiger partial charge in [0.15, 0.2) is 0 Å². The van der Waals surface area contributed by atoms with Crippen LogP contribution in [0.1, 0.15) is 17.0 Å². The fourth-order valence-electron chi connectivity index (χ4n) is 3.07. The van der Waals surface area contributed by atoms with Crippen LogP contribution in [-0.2, 0) is 11.8 Å². The molecule has 0 unspecified atom stereocenters. The average Bonchev–Trinajstić information content (AvgIpc) is 3.18.